The first-order valence-electron chi connectivity index (χ1n) is 10.8. The number of halogens is 1. The summed E-state index contributed by atoms with van der Waals surface area (Å²) in [5, 5.41) is 5.71. The molecule has 1 heterocycles. The van der Waals surface area contributed by atoms with Crippen molar-refractivity contribution in [3.8, 4) is 5.75 Å². The highest BCUT2D eigenvalue weighted by Gasteiger charge is 2.32. The summed E-state index contributed by atoms with van der Waals surface area (Å²) < 4.78 is 29.8. The summed E-state index contributed by atoms with van der Waals surface area (Å²) in [4.78, 5) is 33.2. The van der Waals surface area contributed by atoms with Gasteiger partial charge in [0.25, 0.3) is 0 Å². The molecule has 0 bridgehead atoms. The van der Waals surface area contributed by atoms with E-state index < -0.39 is 34.7 Å². The second-order valence-electron chi connectivity index (χ2n) is 9.83. The summed E-state index contributed by atoms with van der Waals surface area (Å²) in [6.07, 6.45) is -1.05. The maximum absolute atomic E-state index is 14.3. The van der Waals surface area contributed by atoms with Gasteiger partial charge in [-0.2, -0.15) is 0 Å². The van der Waals surface area contributed by atoms with Crippen LogP contribution >= 0.6 is 11.8 Å². The van der Waals surface area contributed by atoms with Gasteiger partial charge in [-0.25, -0.2) is 14.0 Å². The predicted octanol–water partition coefficient (Wildman–Crippen LogP) is 4.95. The molecule has 0 saturated carbocycles. The molecule has 0 aromatic heterocycles. The topological polar surface area (TPSA) is 111 Å². The minimum absolute atomic E-state index is 0.146. The Morgan fingerprint density at radius 2 is 1.79 bits per heavy atom. The molecule has 0 fully saturated rings. The van der Waals surface area contributed by atoms with Gasteiger partial charge in [-0.1, -0.05) is 17.8 Å². The van der Waals surface area contributed by atoms with Crippen molar-refractivity contribution in [2.75, 3.05) is 12.9 Å². The van der Waals surface area contributed by atoms with Crippen LogP contribution in [-0.4, -0.2) is 47.4 Å². The lowest BCUT2D eigenvalue weighted by Crippen LogP contribution is -2.47. The average molecular weight is 497 g/mol. The third-order valence-electron chi connectivity index (χ3n) is 4.39. The number of carbonyl (C=O) groups is 2. The lowest BCUT2D eigenvalue weighted by atomic mass is 9.90. The van der Waals surface area contributed by atoms with Gasteiger partial charge in [0.05, 0.1) is 12.6 Å². The summed E-state index contributed by atoms with van der Waals surface area (Å²) in [6, 6.07) is 4.71. The summed E-state index contributed by atoms with van der Waals surface area (Å²) in [7, 11) is 1.40. The van der Waals surface area contributed by atoms with E-state index in [0.29, 0.717) is 22.9 Å². The molecule has 2 amide bonds. The van der Waals surface area contributed by atoms with Crippen LogP contribution in [0.15, 0.2) is 28.2 Å². The Balaban J connectivity index is 2.32. The van der Waals surface area contributed by atoms with Gasteiger partial charge in [-0.05, 0) is 72.6 Å². The molecule has 1 aromatic rings. The van der Waals surface area contributed by atoms with Crippen molar-refractivity contribution in [2.45, 2.75) is 71.6 Å². The fourth-order valence-corrected chi connectivity index (χ4v) is 4.03. The number of thioether (sulfide) groups is 1. The smallest absolute Gasteiger partial charge is 0.437 e. The Bertz CT molecular complexity index is 985. The fourth-order valence-electron chi connectivity index (χ4n) is 2.90. The van der Waals surface area contributed by atoms with Gasteiger partial charge in [0, 0.05) is 5.75 Å². The van der Waals surface area contributed by atoms with Crippen LogP contribution in [0.4, 0.5) is 14.0 Å². The zero-order chi connectivity index (χ0) is 25.7. The number of alkyl carbamates (subject to hydrolysis) is 1. The first kappa shape index (κ1) is 27.4. The van der Waals surface area contributed by atoms with E-state index in [1.165, 1.54) is 24.9 Å². The van der Waals surface area contributed by atoms with E-state index in [9.17, 15) is 14.0 Å². The van der Waals surface area contributed by atoms with E-state index >= 15 is 0 Å². The van der Waals surface area contributed by atoms with Gasteiger partial charge in [0.15, 0.2) is 16.7 Å². The van der Waals surface area contributed by atoms with Crippen LogP contribution in [0.1, 0.15) is 60.5 Å². The first-order chi connectivity index (χ1) is 15.6. The molecule has 1 atom stereocenters. The molecule has 188 valence electrons. The van der Waals surface area contributed by atoms with Gasteiger partial charge >= 0.3 is 12.2 Å². The van der Waals surface area contributed by atoms with Crippen molar-refractivity contribution in [3.63, 3.8) is 0 Å². The monoisotopic (exact) mass is 496 g/mol. The molecule has 2 rings (SSSR count). The maximum Gasteiger partial charge on any atom is 0.437 e. The molecule has 9 nitrogen and oxygen atoms in total. The number of aliphatic imine (C=N–C) groups is 2. The molecule has 0 saturated heterocycles. The minimum Gasteiger partial charge on any atom is -0.494 e. The maximum atomic E-state index is 14.3. The second kappa shape index (κ2) is 10.6. The molecule has 0 aliphatic carbocycles. The Labute approximate surface area is 203 Å². The van der Waals surface area contributed by atoms with Crippen LogP contribution in [0.3, 0.4) is 0 Å². The molecule has 0 spiro atoms. The highest BCUT2D eigenvalue weighted by atomic mass is 32.2. The van der Waals surface area contributed by atoms with Gasteiger partial charge < -0.3 is 19.5 Å². The van der Waals surface area contributed by atoms with Crippen LogP contribution < -0.4 is 15.4 Å². The highest BCUT2D eigenvalue weighted by molar-refractivity contribution is 8.13. The number of nitrogens with zero attached hydrogens (tertiary/aromatic N) is 2. The van der Waals surface area contributed by atoms with Crippen molar-refractivity contribution in [1.82, 2.24) is 10.6 Å². The average Bonchev–Trinajstić information content (AvgIpc) is 2.64. The Kier molecular flexibility index (Phi) is 8.57. The van der Waals surface area contributed by atoms with Crippen molar-refractivity contribution < 1.29 is 28.2 Å². The number of hydrogen-bond donors (Lipinski definition) is 2. The Morgan fingerprint density at radius 3 is 2.35 bits per heavy atom. The summed E-state index contributed by atoms with van der Waals surface area (Å²) >= 11 is 1.38. The van der Waals surface area contributed by atoms with E-state index in [4.69, 9.17) is 19.2 Å². The zero-order valence-electron chi connectivity index (χ0n) is 20.9. The minimum atomic E-state index is -0.896. The predicted molar refractivity (Wildman–Crippen MR) is 131 cm³/mol. The third-order valence-corrected chi connectivity index (χ3v) is 5.27. The summed E-state index contributed by atoms with van der Waals surface area (Å²) in [6.45, 7) is 12.1. The molecule has 1 aliphatic heterocycles. The van der Waals surface area contributed by atoms with Gasteiger partial charge in [-0.15, -0.1) is 4.99 Å². The molecular formula is C23H33FN4O5S. The van der Waals surface area contributed by atoms with Crippen LogP contribution in [0, 0.1) is 5.82 Å². The Hall–Kier alpha value is -2.82. The molecule has 34 heavy (non-hydrogen) atoms. The van der Waals surface area contributed by atoms with Gasteiger partial charge in [0.1, 0.15) is 11.2 Å². The SMILES string of the molecule is COc1ccc(C2(C)CCSC(N/C(=N\C(=O)OC(C)(C)C)NC(=O)OC(C)(C)C)=N2)cc1F. The van der Waals surface area contributed by atoms with Crippen LogP contribution in [0.5, 0.6) is 5.75 Å². The van der Waals surface area contributed by atoms with E-state index in [2.05, 4.69) is 15.6 Å². The second-order valence-corrected chi connectivity index (χ2v) is 10.9. The number of hydrogen-bond acceptors (Lipinski definition) is 7. The largest absolute Gasteiger partial charge is 0.494 e. The van der Waals surface area contributed by atoms with E-state index in [1.54, 1.807) is 53.7 Å². The van der Waals surface area contributed by atoms with E-state index in [0.717, 1.165) is 0 Å². The standard InChI is InChI=1S/C23H33FN4O5S/c1-21(2,3)32-19(29)26-17(27-20(30)33-22(4,5)6)25-18-28-23(7,11-12-34-18)14-9-10-16(31-8)15(24)13-14/h9-10,13H,11-12H2,1-8H3,(H2,25,26,27,28,29,30). The van der Waals surface area contributed by atoms with Gasteiger partial charge in [0.2, 0.25) is 5.96 Å². The number of guanidine groups is 1. The van der Waals surface area contributed by atoms with Crippen LogP contribution in [0.25, 0.3) is 0 Å². The first-order valence-corrected chi connectivity index (χ1v) is 11.7. The van der Waals surface area contributed by atoms with Crippen molar-refractivity contribution >= 4 is 35.1 Å². The van der Waals surface area contributed by atoms with E-state index in [1.807, 2.05) is 6.92 Å². The molecular weight excluding hydrogens is 463 g/mol. The lowest BCUT2D eigenvalue weighted by molar-refractivity contribution is 0.0561. The van der Waals surface area contributed by atoms with Crippen molar-refractivity contribution in [1.29, 1.82) is 0 Å². The molecule has 1 unspecified atom stereocenters. The normalized spacial score (nSPS) is 19.1. The molecule has 1 aliphatic rings. The number of nitrogens with one attached hydrogen (secondary N) is 2. The molecule has 1 aromatic carbocycles. The molecule has 11 heteroatoms. The third kappa shape index (κ3) is 8.51. The van der Waals surface area contributed by atoms with Crippen LogP contribution in [-0.2, 0) is 15.0 Å². The number of amides is 2. The quantitative estimate of drug-likeness (QED) is 0.440. The molecule has 0 radical (unpaired) electrons. The number of amidine groups is 1. The summed E-state index contributed by atoms with van der Waals surface area (Å²) in [5.41, 5.74) is -1.61. The summed E-state index contributed by atoms with van der Waals surface area (Å²) in [5.74, 6) is 0.123. The number of ether oxygens (including phenoxy) is 3. The van der Waals surface area contributed by atoms with E-state index in [-0.39, 0.29) is 11.7 Å². The van der Waals surface area contributed by atoms with Crippen LogP contribution in [0.2, 0.25) is 0 Å². The highest BCUT2D eigenvalue weighted by Crippen LogP contribution is 2.36. The number of benzene rings is 1. The zero-order valence-corrected chi connectivity index (χ0v) is 21.7. The van der Waals surface area contributed by atoms with Crippen molar-refractivity contribution in [3.05, 3.63) is 29.6 Å². The number of carbonyl (C=O) groups excluding carboxylic acids is 2. The lowest BCUT2D eigenvalue weighted by Gasteiger charge is -2.31. The van der Waals surface area contributed by atoms with Gasteiger partial charge in [-0.3, -0.25) is 10.3 Å². The number of methoxy groups -OCH3 is 1. The fraction of sp³-hybridized carbons (Fsp3) is 0.565. The Morgan fingerprint density at radius 1 is 1.15 bits per heavy atom. The molecule has 2 N–H and O–H groups in total. The van der Waals surface area contributed by atoms with Crippen molar-refractivity contribution in [2.24, 2.45) is 9.98 Å². The number of rotatable bonds is 2.